The summed E-state index contributed by atoms with van der Waals surface area (Å²) in [6.07, 6.45) is 0.138. The minimum Gasteiger partial charge on any atom is -0.491 e. The summed E-state index contributed by atoms with van der Waals surface area (Å²) in [4.78, 5) is 25.1. The maximum atomic E-state index is 12.0. The molecule has 1 aliphatic heterocycles. The molecule has 6 heteroatoms. The van der Waals surface area contributed by atoms with Crippen molar-refractivity contribution in [2.75, 3.05) is 18.2 Å². The standard InChI is InChI=1S/C16H22N2O3S/c1-11(2)21-14-6-4-13(5-7-14)12(3)17-15(19)8-18-10-22-9-16(18)20/h4-7,11-12H,8-10H2,1-3H3,(H,17,19). The lowest BCUT2D eigenvalue weighted by Gasteiger charge is -2.18. The van der Waals surface area contributed by atoms with E-state index in [4.69, 9.17) is 4.74 Å². The highest BCUT2D eigenvalue weighted by Gasteiger charge is 2.23. The van der Waals surface area contributed by atoms with Crippen LogP contribution >= 0.6 is 11.8 Å². The van der Waals surface area contributed by atoms with Crippen molar-refractivity contribution >= 4 is 23.6 Å². The average Bonchev–Trinajstić information content (AvgIpc) is 2.84. The summed E-state index contributed by atoms with van der Waals surface area (Å²) in [5.41, 5.74) is 1.01. The number of carbonyl (C=O) groups excluding carboxylic acids is 2. The first kappa shape index (κ1) is 16.7. The minimum atomic E-state index is -0.133. The van der Waals surface area contributed by atoms with Crippen LogP contribution in [0.1, 0.15) is 32.4 Å². The number of amides is 2. The van der Waals surface area contributed by atoms with Crippen molar-refractivity contribution in [2.45, 2.75) is 32.9 Å². The number of hydrogen-bond donors (Lipinski definition) is 1. The van der Waals surface area contributed by atoms with Gasteiger partial charge in [0.1, 0.15) is 12.3 Å². The van der Waals surface area contributed by atoms with Crippen LogP contribution in [-0.4, -0.2) is 41.0 Å². The molecule has 1 unspecified atom stereocenters. The van der Waals surface area contributed by atoms with E-state index in [2.05, 4.69) is 5.32 Å². The number of hydrogen-bond acceptors (Lipinski definition) is 4. The minimum absolute atomic E-state index is 0.0305. The molecule has 1 aliphatic rings. The van der Waals surface area contributed by atoms with Crippen molar-refractivity contribution in [1.29, 1.82) is 0 Å². The highest BCUT2D eigenvalue weighted by Crippen LogP contribution is 2.19. The Morgan fingerprint density at radius 3 is 2.55 bits per heavy atom. The van der Waals surface area contributed by atoms with Gasteiger partial charge < -0.3 is 15.0 Å². The second kappa shape index (κ2) is 7.54. The second-order valence-electron chi connectivity index (χ2n) is 5.59. The van der Waals surface area contributed by atoms with Crippen molar-refractivity contribution in [3.63, 3.8) is 0 Å². The zero-order valence-corrected chi connectivity index (χ0v) is 14.0. The third-order valence-corrected chi connectivity index (χ3v) is 4.23. The Balaban J connectivity index is 1.86. The monoisotopic (exact) mass is 322 g/mol. The summed E-state index contributed by atoms with van der Waals surface area (Å²) < 4.78 is 5.60. The molecule has 0 aliphatic carbocycles. The normalized spacial score (nSPS) is 16.0. The van der Waals surface area contributed by atoms with E-state index in [9.17, 15) is 9.59 Å². The fraction of sp³-hybridized carbons (Fsp3) is 0.500. The summed E-state index contributed by atoms with van der Waals surface area (Å²) in [6.45, 7) is 6.02. The third-order valence-electron chi connectivity index (χ3n) is 3.29. The molecule has 1 aromatic carbocycles. The van der Waals surface area contributed by atoms with E-state index >= 15 is 0 Å². The fourth-order valence-corrected chi connectivity index (χ4v) is 3.10. The van der Waals surface area contributed by atoms with Crippen LogP contribution in [-0.2, 0) is 9.59 Å². The molecule has 5 nitrogen and oxygen atoms in total. The summed E-state index contributed by atoms with van der Waals surface area (Å²) in [6, 6.07) is 7.59. The smallest absolute Gasteiger partial charge is 0.240 e. The molecule has 0 radical (unpaired) electrons. The van der Waals surface area contributed by atoms with Crippen molar-refractivity contribution < 1.29 is 14.3 Å². The first-order valence-corrected chi connectivity index (χ1v) is 8.52. The fourth-order valence-electron chi connectivity index (χ4n) is 2.19. The van der Waals surface area contributed by atoms with E-state index < -0.39 is 0 Å². The van der Waals surface area contributed by atoms with Gasteiger partial charge in [-0.25, -0.2) is 0 Å². The maximum absolute atomic E-state index is 12.0. The van der Waals surface area contributed by atoms with Crippen LogP contribution in [0.25, 0.3) is 0 Å². The highest BCUT2D eigenvalue weighted by molar-refractivity contribution is 8.00. The summed E-state index contributed by atoms with van der Waals surface area (Å²) in [5, 5.41) is 2.92. The number of carbonyl (C=O) groups is 2. The Labute approximate surface area is 135 Å². The lowest BCUT2D eigenvalue weighted by Crippen LogP contribution is -2.39. The van der Waals surface area contributed by atoms with Crippen molar-refractivity contribution in [2.24, 2.45) is 0 Å². The van der Waals surface area contributed by atoms with Gasteiger partial charge in [-0.05, 0) is 38.5 Å². The summed E-state index contributed by atoms with van der Waals surface area (Å²) in [5.74, 6) is 1.79. The van der Waals surface area contributed by atoms with Crippen molar-refractivity contribution in [1.82, 2.24) is 10.2 Å². The van der Waals surface area contributed by atoms with Crippen LogP contribution in [0, 0.1) is 0 Å². The molecule has 1 atom stereocenters. The molecule has 1 heterocycles. The van der Waals surface area contributed by atoms with Gasteiger partial charge in [-0.2, -0.15) is 0 Å². The maximum Gasteiger partial charge on any atom is 0.240 e. The molecule has 2 rings (SSSR count). The van der Waals surface area contributed by atoms with Gasteiger partial charge in [0.25, 0.3) is 0 Å². The number of nitrogens with one attached hydrogen (secondary N) is 1. The average molecular weight is 322 g/mol. The van der Waals surface area contributed by atoms with E-state index in [0.717, 1.165) is 11.3 Å². The van der Waals surface area contributed by atoms with Gasteiger partial charge in [0.15, 0.2) is 0 Å². The number of rotatable bonds is 6. The second-order valence-corrected chi connectivity index (χ2v) is 6.55. The molecule has 1 aromatic rings. The predicted molar refractivity (Wildman–Crippen MR) is 87.8 cm³/mol. The van der Waals surface area contributed by atoms with E-state index in [1.165, 1.54) is 11.8 Å². The molecule has 2 amide bonds. The zero-order valence-electron chi connectivity index (χ0n) is 13.2. The van der Waals surface area contributed by atoms with Crippen LogP contribution in [0.3, 0.4) is 0 Å². The Bertz CT molecular complexity index is 531. The van der Waals surface area contributed by atoms with Gasteiger partial charge in [0, 0.05) is 0 Å². The Kier molecular flexibility index (Phi) is 5.71. The van der Waals surface area contributed by atoms with Gasteiger partial charge in [-0.15, -0.1) is 11.8 Å². The van der Waals surface area contributed by atoms with Crippen LogP contribution in [0.15, 0.2) is 24.3 Å². The van der Waals surface area contributed by atoms with E-state index in [-0.39, 0.29) is 30.5 Å². The summed E-state index contributed by atoms with van der Waals surface area (Å²) in [7, 11) is 0. The van der Waals surface area contributed by atoms with Crippen LogP contribution in [0.2, 0.25) is 0 Å². The quantitative estimate of drug-likeness (QED) is 0.872. The lowest BCUT2D eigenvalue weighted by atomic mass is 10.1. The predicted octanol–water partition coefficient (Wildman–Crippen LogP) is 2.18. The Morgan fingerprint density at radius 1 is 1.32 bits per heavy atom. The van der Waals surface area contributed by atoms with E-state index in [1.807, 2.05) is 45.0 Å². The zero-order chi connectivity index (χ0) is 16.1. The molecule has 22 heavy (non-hydrogen) atoms. The van der Waals surface area contributed by atoms with E-state index in [1.54, 1.807) is 4.90 Å². The number of nitrogens with zero attached hydrogens (tertiary/aromatic N) is 1. The largest absolute Gasteiger partial charge is 0.491 e. The summed E-state index contributed by atoms with van der Waals surface area (Å²) >= 11 is 1.54. The van der Waals surface area contributed by atoms with Gasteiger partial charge in [-0.3, -0.25) is 9.59 Å². The molecule has 0 spiro atoms. The SMILES string of the molecule is CC(C)Oc1ccc(C(C)NC(=O)CN2CSCC2=O)cc1. The molecule has 1 N–H and O–H groups in total. The van der Waals surface area contributed by atoms with Gasteiger partial charge in [0.05, 0.1) is 23.8 Å². The lowest BCUT2D eigenvalue weighted by molar-refractivity contribution is -0.132. The number of thioether (sulfide) groups is 1. The Morgan fingerprint density at radius 2 is 2.00 bits per heavy atom. The third kappa shape index (κ3) is 4.66. The molecule has 0 aromatic heterocycles. The highest BCUT2D eigenvalue weighted by atomic mass is 32.2. The molecular formula is C16H22N2O3S. The molecular weight excluding hydrogens is 300 g/mol. The Hall–Kier alpha value is -1.69. The molecule has 0 bridgehead atoms. The number of benzene rings is 1. The van der Waals surface area contributed by atoms with Crippen molar-refractivity contribution in [3.05, 3.63) is 29.8 Å². The first-order chi connectivity index (χ1) is 10.5. The van der Waals surface area contributed by atoms with Crippen LogP contribution in [0.5, 0.6) is 5.75 Å². The van der Waals surface area contributed by atoms with Gasteiger partial charge in [-0.1, -0.05) is 12.1 Å². The molecule has 1 fully saturated rings. The van der Waals surface area contributed by atoms with Gasteiger partial charge >= 0.3 is 0 Å². The van der Waals surface area contributed by atoms with Crippen molar-refractivity contribution in [3.8, 4) is 5.75 Å². The first-order valence-electron chi connectivity index (χ1n) is 7.37. The van der Waals surface area contributed by atoms with Crippen LogP contribution in [0.4, 0.5) is 0 Å². The molecule has 1 saturated heterocycles. The number of ether oxygens (including phenoxy) is 1. The topological polar surface area (TPSA) is 58.6 Å². The van der Waals surface area contributed by atoms with Gasteiger partial charge in [0.2, 0.25) is 11.8 Å². The van der Waals surface area contributed by atoms with Crippen LogP contribution < -0.4 is 10.1 Å². The van der Waals surface area contributed by atoms with E-state index in [0.29, 0.717) is 11.6 Å². The molecule has 120 valence electrons. The molecule has 0 saturated carbocycles.